The van der Waals surface area contributed by atoms with Crippen molar-refractivity contribution in [2.24, 2.45) is 14.1 Å². The third-order valence-corrected chi connectivity index (χ3v) is 26.8. The molecule has 0 radical (unpaired) electrons. The highest BCUT2D eigenvalue weighted by Crippen LogP contribution is 2.49. The van der Waals surface area contributed by atoms with Crippen molar-refractivity contribution in [3.05, 3.63) is 158 Å². The van der Waals surface area contributed by atoms with Crippen molar-refractivity contribution in [2.45, 2.75) is 49.9 Å². The third kappa shape index (κ3) is 4.36. The van der Waals surface area contributed by atoms with Gasteiger partial charge in [-0.1, -0.05) is 135 Å². The molecule has 62 heavy (non-hydrogen) atoms. The second-order valence-corrected chi connectivity index (χ2v) is 27.3. The number of nitrogens with zero attached hydrogens (tertiary/aromatic N) is 4. The number of aryl methyl sites for hydroxylation is 2. The first kappa shape index (κ1) is 35.3. The third-order valence-electron chi connectivity index (χ3n) is 16.1. The second-order valence-electron chi connectivity index (χ2n) is 18.8. The van der Waals surface area contributed by atoms with Crippen LogP contribution < -0.4 is 30.5 Å². The zero-order valence-corrected chi connectivity index (χ0v) is 37.5. The van der Waals surface area contributed by atoms with Gasteiger partial charge in [0, 0.05) is 69.8 Å². The van der Waals surface area contributed by atoms with Crippen molar-refractivity contribution >= 4 is 125 Å². The molecular formula is C56H48N4Si2. The van der Waals surface area contributed by atoms with E-state index in [0.717, 1.165) is 0 Å². The molecule has 0 N–H and O–H groups in total. The van der Waals surface area contributed by atoms with Gasteiger partial charge in [0.15, 0.2) is 0 Å². The first-order chi connectivity index (χ1) is 30.6. The van der Waals surface area contributed by atoms with Gasteiger partial charge in [0.05, 0.1) is 22.1 Å². The van der Waals surface area contributed by atoms with Crippen LogP contribution >= 0.6 is 0 Å². The minimum absolute atomic E-state index is 1.23. The van der Waals surface area contributed by atoms with Crippen LogP contribution in [0.1, 0.15) is 25.7 Å². The van der Waals surface area contributed by atoms with E-state index < -0.39 is 16.1 Å². The molecule has 2 fully saturated rings. The molecule has 300 valence electrons. The molecule has 2 spiro atoms. The number of fused-ring (bicyclic) bond motifs is 18. The van der Waals surface area contributed by atoms with E-state index in [1.54, 1.807) is 20.7 Å². The molecule has 0 unspecified atom stereocenters. The molecule has 4 aliphatic rings. The van der Waals surface area contributed by atoms with E-state index in [4.69, 9.17) is 0 Å². The number of anilines is 6. The monoisotopic (exact) mass is 832 g/mol. The molecule has 6 heteroatoms. The van der Waals surface area contributed by atoms with Gasteiger partial charge < -0.3 is 18.9 Å². The number of para-hydroxylation sites is 4. The van der Waals surface area contributed by atoms with Crippen LogP contribution in [0.4, 0.5) is 34.1 Å². The summed E-state index contributed by atoms with van der Waals surface area (Å²) in [4.78, 5) is 5.16. The predicted octanol–water partition coefficient (Wildman–Crippen LogP) is 12.4. The summed E-state index contributed by atoms with van der Waals surface area (Å²) < 4.78 is 5.00. The maximum Gasteiger partial charge on any atom is 0.123 e. The van der Waals surface area contributed by atoms with Crippen LogP contribution in [-0.2, 0) is 14.1 Å². The molecule has 2 aromatic heterocycles. The fraction of sp³-hybridized carbons (Fsp3) is 0.179. The molecule has 0 aliphatic carbocycles. The lowest BCUT2D eigenvalue weighted by Gasteiger charge is -2.42. The Bertz CT molecular complexity index is 3210. The Morgan fingerprint density at radius 3 is 1.03 bits per heavy atom. The molecule has 4 nitrogen and oxygen atoms in total. The molecule has 8 aromatic carbocycles. The minimum Gasteiger partial charge on any atom is -0.342 e. The largest absolute Gasteiger partial charge is 0.342 e. The number of aromatic nitrogens is 2. The molecule has 0 saturated carbocycles. The summed E-state index contributed by atoms with van der Waals surface area (Å²) in [6.45, 7) is 0. The lowest BCUT2D eigenvalue weighted by molar-refractivity contribution is 0.935. The van der Waals surface area contributed by atoms with E-state index in [0.29, 0.717) is 0 Å². The van der Waals surface area contributed by atoms with Crippen LogP contribution in [0.5, 0.6) is 0 Å². The molecule has 6 heterocycles. The Labute approximate surface area is 364 Å². The second kappa shape index (κ2) is 12.6. The van der Waals surface area contributed by atoms with Gasteiger partial charge in [-0.25, -0.2) is 0 Å². The molecule has 10 aromatic rings. The van der Waals surface area contributed by atoms with Gasteiger partial charge in [-0.2, -0.15) is 0 Å². The Hall–Kier alpha value is -6.35. The average Bonchev–Trinajstić information content (AvgIpc) is 4.13. The molecule has 0 amide bonds. The highest BCUT2D eigenvalue weighted by atomic mass is 28.3. The van der Waals surface area contributed by atoms with Crippen LogP contribution in [0.15, 0.2) is 158 Å². The van der Waals surface area contributed by atoms with Gasteiger partial charge in [0.2, 0.25) is 0 Å². The number of hydrogen-bond acceptors (Lipinski definition) is 2. The normalized spacial score (nSPS) is 17.2. The van der Waals surface area contributed by atoms with E-state index in [9.17, 15) is 0 Å². The maximum absolute atomic E-state index is 2.58. The van der Waals surface area contributed by atoms with E-state index in [1.165, 1.54) is 138 Å². The summed E-state index contributed by atoms with van der Waals surface area (Å²) in [6, 6.07) is 66.7. The Balaban J connectivity index is 1.00. The van der Waals surface area contributed by atoms with Crippen molar-refractivity contribution in [1.82, 2.24) is 9.13 Å². The van der Waals surface area contributed by atoms with Crippen LogP contribution in [-0.4, -0.2) is 25.3 Å². The lowest BCUT2D eigenvalue weighted by atomic mass is 9.98. The first-order valence-corrected chi connectivity index (χ1v) is 27.7. The van der Waals surface area contributed by atoms with Crippen LogP contribution in [0.25, 0.3) is 54.4 Å². The molecule has 2 saturated heterocycles. The van der Waals surface area contributed by atoms with Gasteiger partial charge in [-0.3, -0.25) is 0 Å². The van der Waals surface area contributed by atoms with Crippen molar-refractivity contribution in [3.63, 3.8) is 0 Å². The Morgan fingerprint density at radius 2 is 0.677 bits per heavy atom. The summed E-state index contributed by atoms with van der Waals surface area (Å²) in [7, 11) is 0.962. The van der Waals surface area contributed by atoms with Crippen LogP contribution in [0, 0.1) is 0 Å². The predicted molar refractivity (Wildman–Crippen MR) is 269 cm³/mol. The summed E-state index contributed by atoms with van der Waals surface area (Å²) in [5.41, 5.74) is 13.1. The van der Waals surface area contributed by atoms with E-state index in [1.807, 2.05) is 0 Å². The van der Waals surface area contributed by atoms with Gasteiger partial charge in [-0.15, -0.1) is 0 Å². The van der Waals surface area contributed by atoms with E-state index >= 15 is 0 Å². The van der Waals surface area contributed by atoms with Gasteiger partial charge in [0.25, 0.3) is 0 Å². The van der Waals surface area contributed by atoms with Crippen molar-refractivity contribution < 1.29 is 0 Å². The maximum atomic E-state index is 2.58. The average molecular weight is 833 g/mol. The topological polar surface area (TPSA) is 16.3 Å². The highest BCUT2D eigenvalue weighted by Gasteiger charge is 2.48. The van der Waals surface area contributed by atoms with Crippen molar-refractivity contribution in [2.75, 3.05) is 9.80 Å². The van der Waals surface area contributed by atoms with Gasteiger partial charge >= 0.3 is 0 Å². The Kier molecular flexibility index (Phi) is 7.18. The van der Waals surface area contributed by atoms with Crippen LogP contribution in [0.2, 0.25) is 24.2 Å². The summed E-state index contributed by atoms with van der Waals surface area (Å²) >= 11 is 0. The zero-order chi connectivity index (χ0) is 40.9. The number of rotatable bonds is 2. The first-order valence-electron chi connectivity index (χ1n) is 22.9. The summed E-state index contributed by atoms with van der Waals surface area (Å²) in [5, 5.41) is 14.4. The molecular weight excluding hydrogens is 785 g/mol. The quantitative estimate of drug-likeness (QED) is 0.161. The van der Waals surface area contributed by atoms with E-state index in [-0.39, 0.29) is 0 Å². The number of benzene rings is 8. The SMILES string of the molecule is Cn1c2cc(N3c4ccccc4[Si]4(CCCC4)c4ccccc43)ccc2c2c3ccccc3c3c4ccc(N5c6ccccc6[Si]6(CCCC6)c6ccccc65)cc4n(C)c3c21. The highest BCUT2D eigenvalue weighted by molar-refractivity contribution is 7.05. The van der Waals surface area contributed by atoms with Crippen molar-refractivity contribution in [1.29, 1.82) is 0 Å². The fourth-order valence-electron chi connectivity index (χ4n) is 13.6. The van der Waals surface area contributed by atoms with Gasteiger partial charge in [-0.05, 0) is 104 Å². The summed E-state index contributed by atoms with van der Waals surface area (Å²) in [5.74, 6) is 0. The molecule has 0 atom stereocenters. The van der Waals surface area contributed by atoms with Crippen molar-refractivity contribution in [3.8, 4) is 0 Å². The molecule has 0 bridgehead atoms. The number of hydrogen-bond donors (Lipinski definition) is 0. The summed E-state index contributed by atoms with van der Waals surface area (Å²) in [6.07, 6.45) is 5.38. The molecule has 4 aliphatic heterocycles. The Morgan fingerprint density at radius 1 is 0.355 bits per heavy atom. The van der Waals surface area contributed by atoms with Crippen LogP contribution in [0.3, 0.4) is 0 Å². The smallest absolute Gasteiger partial charge is 0.123 e. The molecule has 14 rings (SSSR count). The zero-order valence-electron chi connectivity index (χ0n) is 35.5. The lowest BCUT2D eigenvalue weighted by Crippen LogP contribution is -2.60. The standard InChI is InChI=1S/C56H48N4Si2/c1-57-47-35-37(59-43-19-5-9-23-49(43)61(31-13-14-32-61)50-24-10-6-20-44(50)59)27-29-41(47)53-39-17-3-4-18-40(39)54-42-30-28-38(36-48(42)58(2)56(54)55(53)57)60-45-21-7-11-25-51(45)62(33-15-16-34-62)52-26-12-8-22-46(52)60/h3-12,17-30,35-36H,13-16,31-34H2,1-2H3. The van der Waals surface area contributed by atoms with E-state index in [2.05, 4.69) is 191 Å². The van der Waals surface area contributed by atoms with Gasteiger partial charge in [0.1, 0.15) is 16.1 Å². The minimum atomic E-state index is -1.82. The fourth-order valence-corrected chi connectivity index (χ4v) is 24.6.